The van der Waals surface area contributed by atoms with Gasteiger partial charge in [-0.2, -0.15) is 0 Å². The lowest BCUT2D eigenvalue weighted by molar-refractivity contribution is 0.410. The van der Waals surface area contributed by atoms with E-state index < -0.39 is 0 Å². The van der Waals surface area contributed by atoms with E-state index in [0.29, 0.717) is 0 Å². The van der Waals surface area contributed by atoms with Crippen LogP contribution in [0.2, 0.25) is 0 Å². The highest BCUT2D eigenvalue weighted by Crippen LogP contribution is 2.43. The minimum atomic E-state index is 0.182. The molecule has 0 amide bonds. The number of hydrogen-bond acceptors (Lipinski definition) is 4. The minimum Gasteiger partial charge on any atom is -0.307 e. The summed E-state index contributed by atoms with van der Waals surface area (Å²) in [5.41, 5.74) is 0.182. The lowest BCUT2D eigenvalue weighted by Crippen LogP contribution is -2.26. The van der Waals surface area contributed by atoms with Crippen molar-refractivity contribution in [1.82, 2.24) is 25.5 Å². The van der Waals surface area contributed by atoms with Gasteiger partial charge in [0.2, 0.25) is 0 Å². The fraction of sp³-hybridized carbons (Fsp3) is 0.900. The van der Waals surface area contributed by atoms with Gasteiger partial charge in [-0.05, 0) is 50.1 Å². The second kappa shape index (κ2) is 3.89. The van der Waals surface area contributed by atoms with Crippen molar-refractivity contribution in [3.05, 3.63) is 5.82 Å². The van der Waals surface area contributed by atoms with Crippen LogP contribution in [0.25, 0.3) is 0 Å². The Bertz CT molecular complexity index is 328. The van der Waals surface area contributed by atoms with Crippen molar-refractivity contribution < 1.29 is 0 Å². The molecule has 1 aromatic rings. The first-order chi connectivity index (χ1) is 7.17. The van der Waals surface area contributed by atoms with Crippen LogP contribution in [0.5, 0.6) is 0 Å². The molecule has 5 heteroatoms. The minimum absolute atomic E-state index is 0.182. The Balaban J connectivity index is 2.10. The van der Waals surface area contributed by atoms with E-state index in [1.165, 1.54) is 12.8 Å². The number of nitrogens with one attached hydrogen (secondary N) is 1. The fourth-order valence-corrected chi connectivity index (χ4v) is 1.69. The van der Waals surface area contributed by atoms with Crippen LogP contribution in [0.4, 0.5) is 0 Å². The second-order valence-electron chi connectivity index (χ2n) is 4.62. The summed E-state index contributed by atoms with van der Waals surface area (Å²) >= 11 is 0. The van der Waals surface area contributed by atoms with E-state index in [-0.39, 0.29) is 11.6 Å². The van der Waals surface area contributed by atoms with Gasteiger partial charge in [0.15, 0.2) is 5.82 Å². The molecular formula is C10H19N5. The van der Waals surface area contributed by atoms with E-state index in [9.17, 15) is 0 Å². The van der Waals surface area contributed by atoms with Gasteiger partial charge < -0.3 is 5.32 Å². The molecule has 1 N–H and O–H groups in total. The quantitative estimate of drug-likeness (QED) is 0.792. The van der Waals surface area contributed by atoms with Gasteiger partial charge in [0.1, 0.15) is 0 Å². The van der Waals surface area contributed by atoms with Crippen LogP contribution < -0.4 is 5.32 Å². The SMILES string of the molecule is CCCNC(C)c1nnnn1C1(C)CC1. The highest BCUT2D eigenvalue weighted by atomic mass is 15.6. The van der Waals surface area contributed by atoms with E-state index in [2.05, 4.69) is 41.6 Å². The van der Waals surface area contributed by atoms with Gasteiger partial charge in [-0.1, -0.05) is 6.92 Å². The third-order valence-electron chi connectivity index (χ3n) is 3.07. The van der Waals surface area contributed by atoms with Crippen molar-refractivity contribution in [2.24, 2.45) is 0 Å². The summed E-state index contributed by atoms with van der Waals surface area (Å²) in [6.07, 6.45) is 3.50. The van der Waals surface area contributed by atoms with Crippen LogP contribution in [0.3, 0.4) is 0 Å². The summed E-state index contributed by atoms with van der Waals surface area (Å²) in [5, 5.41) is 15.4. The molecule has 0 spiro atoms. The van der Waals surface area contributed by atoms with Gasteiger partial charge in [-0.25, -0.2) is 4.68 Å². The first-order valence-electron chi connectivity index (χ1n) is 5.69. The number of tetrazole rings is 1. The van der Waals surface area contributed by atoms with E-state index in [1.54, 1.807) is 0 Å². The van der Waals surface area contributed by atoms with Gasteiger partial charge >= 0.3 is 0 Å². The van der Waals surface area contributed by atoms with E-state index in [0.717, 1.165) is 18.8 Å². The van der Waals surface area contributed by atoms with Crippen LogP contribution >= 0.6 is 0 Å². The normalized spacial score (nSPS) is 20.2. The predicted molar refractivity (Wildman–Crippen MR) is 57.4 cm³/mol. The standard InChI is InChI=1S/C10H19N5/c1-4-7-11-8(2)9-12-13-14-15(9)10(3)5-6-10/h8,11H,4-7H2,1-3H3. The van der Waals surface area contributed by atoms with Crippen LogP contribution in [0.15, 0.2) is 0 Å². The van der Waals surface area contributed by atoms with Gasteiger partial charge in [-0.15, -0.1) is 5.10 Å². The molecule has 1 unspecified atom stereocenters. The summed E-state index contributed by atoms with van der Waals surface area (Å²) in [4.78, 5) is 0. The maximum atomic E-state index is 4.11. The average molecular weight is 209 g/mol. The molecule has 0 bridgehead atoms. The molecule has 0 aliphatic heterocycles. The molecule has 1 saturated carbocycles. The first kappa shape index (κ1) is 10.5. The molecule has 0 radical (unpaired) electrons. The second-order valence-corrected chi connectivity index (χ2v) is 4.62. The molecule has 1 heterocycles. The molecule has 0 saturated heterocycles. The van der Waals surface area contributed by atoms with Gasteiger partial charge in [0.05, 0.1) is 11.6 Å². The molecule has 1 aliphatic rings. The molecular weight excluding hydrogens is 190 g/mol. The highest BCUT2D eigenvalue weighted by Gasteiger charge is 2.43. The average Bonchev–Trinajstić information content (AvgIpc) is 2.81. The molecule has 1 atom stereocenters. The zero-order valence-corrected chi connectivity index (χ0v) is 9.69. The summed E-state index contributed by atoms with van der Waals surface area (Å²) in [5.74, 6) is 0.962. The van der Waals surface area contributed by atoms with Crippen LogP contribution in [0, 0.1) is 0 Å². The Hall–Kier alpha value is -0.970. The lowest BCUT2D eigenvalue weighted by atomic mass is 10.2. The Morgan fingerprint density at radius 3 is 2.87 bits per heavy atom. The summed E-state index contributed by atoms with van der Waals surface area (Å²) < 4.78 is 1.99. The maximum Gasteiger partial charge on any atom is 0.168 e. The summed E-state index contributed by atoms with van der Waals surface area (Å²) in [6.45, 7) is 7.48. The monoisotopic (exact) mass is 209 g/mol. The largest absolute Gasteiger partial charge is 0.307 e. The van der Waals surface area contributed by atoms with Crippen molar-refractivity contribution in [1.29, 1.82) is 0 Å². The molecule has 15 heavy (non-hydrogen) atoms. The van der Waals surface area contributed by atoms with E-state index >= 15 is 0 Å². The van der Waals surface area contributed by atoms with Gasteiger partial charge in [0.25, 0.3) is 0 Å². The number of nitrogens with zero attached hydrogens (tertiary/aromatic N) is 4. The fourth-order valence-electron chi connectivity index (χ4n) is 1.69. The van der Waals surface area contributed by atoms with Crippen LogP contribution in [-0.4, -0.2) is 26.8 Å². The predicted octanol–water partition coefficient (Wildman–Crippen LogP) is 1.24. The van der Waals surface area contributed by atoms with Crippen molar-refractivity contribution in [2.75, 3.05) is 6.54 Å². The molecule has 84 valence electrons. The Morgan fingerprint density at radius 2 is 2.27 bits per heavy atom. The zero-order chi connectivity index (χ0) is 10.9. The molecule has 1 aliphatic carbocycles. The lowest BCUT2D eigenvalue weighted by Gasteiger charge is -2.16. The number of rotatable bonds is 5. The molecule has 5 nitrogen and oxygen atoms in total. The van der Waals surface area contributed by atoms with Gasteiger partial charge in [-0.3, -0.25) is 0 Å². The Morgan fingerprint density at radius 1 is 1.53 bits per heavy atom. The highest BCUT2D eigenvalue weighted by molar-refractivity contribution is 5.02. The van der Waals surface area contributed by atoms with Crippen molar-refractivity contribution in [3.63, 3.8) is 0 Å². The number of hydrogen-bond donors (Lipinski definition) is 1. The molecule has 1 fully saturated rings. The maximum absolute atomic E-state index is 4.11. The van der Waals surface area contributed by atoms with E-state index in [4.69, 9.17) is 0 Å². The topological polar surface area (TPSA) is 55.6 Å². The van der Waals surface area contributed by atoms with Crippen LogP contribution in [0.1, 0.15) is 51.9 Å². The van der Waals surface area contributed by atoms with Crippen molar-refractivity contribution >= 4 is 0 Å². The molecule has 2 rings (SSSR count). The van der Waals surface area contributed by atoms with E-state index in [1.807, 2.05) is 4.68 Å². The number of aromatic nitrogens is 4. The third kappa shape index (κ3) is 2.02. The smallest absolute Gasteiger partial charge is 0.168 e. The van der Waals surface area contributed by atoms with Gasteiger partial charge in [0, 0.05) is 0 Å². The Kier molecular flexibility index (Phi) is 2.73. The van der Waals surface area contributed by atoms with Crippen molar-refractivity contribution in [3.8, 4) is 0 Å². The molecule has 1 aromatic heterocycles. The molecule has 0 aromatic carbocycles. The zero-order valence-electron chi connectivity index (χ0n) is 9.69. The first-order valence-corrected chi connectivity index (χ1v) is 5.69. The van der Waals surface area contributed by atoms with Crippen molar-refractivity contribution in [2.45, 2.75) is 51.6 Å². The Labute approximate surface area is 90.2 Å². The van der Waals surface area contributed by atoms with Crippen LogP contribution in [-0.2, 0) is 5.54 Å². The summed E-state index contributed by atoms with van der Waals surface area (Å²) in [7, 11) is 0. The third-order valence-corrected chi connectivity index (χ3v) is 3.07. The summed E-state index contributed by atoms with van der Waals surface area (Å²) in [6, 6.07) is 0.234.